The van der Waals surface area contributed by atoms with Crippen molar-refractivity contribution >= 4 is 17.5 Å². The molecule has 1 fully saturated rings. The molecule has 0 aromatic heterocycles. The molecule has 0 saturated carbocycles. The topological polar surface area (TPSA) is 141 Å². The van der Waals surface area contributed by atoms with Crippen molar-refractivity contribution in [2.24, 2.45) is 5.92 Å². The molecule has 1 aromatic carbocycles. The zero-order chi connectivity index (χ0) is 31.7. The molecular formula is C34H48N4O6. The van der Waals surface area contributed by atoms with Crippen LogP contribution < -0.4 is 21.3 Å². The molecule has 0 radical (unpaired) electrons. The van der Waals surface area contributed by atoms with E-state index in [4.69, 9.17) is 9.47 Å². The Morgan fingerprint density at radius 2 is 1.93 bits per heavy atom. The number of carbonyl (C=O) groups is 3. The number of dihydropyridines is 1. The molecule has 1 aliphatic carbocycles. The Labute approximate surface area is 260 Å². The van der Waals surface area contributed by atoms with Gasteiger partial charge in [-0.05, 0) is 57.0 Å². The summed E-state index contributed by atoms with van der Waals surface area (Å²) in [6, 6.07) is 6.51. The highest BCUT2D eigenvalue weighted by molar-refractivity contribution is 6.32. The second-order valence-electron chi connectivity index (χ2n) is 11.9. The summed E-state index contributed by atoms with van der Waals surface area (Å²) in [6.07, 6.45) is 8.35. The molecule has 0 bridgehead atoms. The second-order valence-corrected chi connectivity index (χ2v) is 11.9. The number of epoxide rings is 1. The van der Waals surface area contributed by atoms with Crippen molar-refractivity contribution in [3.05, 3.63) is 70.1 Å². The van der Waals surface area contributed by atoms with Crippen LogP contribution in [0, 0.1) is 5.92 Å². The number of ketones is 2. The highest BCUT2D eigenvalue weighted by Gasteiger charge is 2.85. The van der Waals surface area contributed by atoms with Crippen LogP contribution in [-0.4, -0.2) is 80.4 Å². The van der Waals surface area contributed by atoms with Crippen molar-refractivity contribution in [1.29, 1.82) is 0 Å². The number of allylic oxidation sites excluding steroid dienone is 3. The fourth-order valence-electron chi connectivity index (χ4n) is 6.09. The summed E-state index contributed by atoms with van der Waals surface area (Å²) < 4.78 is 11.9. The first kappa shape index (κ1) is 33.6. The number of nitrogens with one attached hydrogen (secondary N) is 4. The van der Waals surface area contributed by atoms with Crippen LogP contribution in [0.3, 0.4) is 0 Å². The highest BCUT2D eigenvalue weighted by Crippen LogP contribution is 2.59. The number of unbranched alkanes of at least 4 members (excludes halogenated alkanes) is 1. The molecule has 10 heteroatoms. The predicted octanol–water partition coefficient (Wildman–Crippen LogP) is 3.15. The number of esters is 1. The number of aliphatic hydroxyl groups excluding tert-OH is 1. The van der Waals surface area contributed by atoms with Gasteiger partial charge in [0.25, 0.3) is 5.60 Å². The summed E-state index contributed by atoms with van der Waals surface area (Å²) in [5.41, 5.74) is -0.786. The number of carbonyl (C=O) groups excluding carboxylic acids is 3. The van der Waals surface area contributed by atoms with Gasteiger partial charge in [0.15, 0.2) is 11.4 Å². The third kappa shape index (κ3) is 6.83. The minimum absolute atomic E-state index is 0.0641. The SMILES string of the molecule is CCCCC(CNCC)COC(=O)C12OC1(CC(CO)=C(C)CCC1=CCNC(NCNC)=C1)C(=O)c1ccccc1C2=O. The molecule has 44 heavy (non-hydrogen) atoms. The monoisotopic (exact) mass is 608 g/mol. The predicted molar refractivity (Wildman–Crippen MR) is 169 cm³/mol. The van der Waals surface area contributed by atoms with Crippen molar-refractivity contribution in [2.75, 3.05) is 46.6 Å². The lowest BCUT2D eigenvalue weighted by molar-refractivity contribution is -0.149. The summed E-state index contributed by atoms with van der Waals surface area (Å²) in [6.45, 7) is 8.67. The molecule has 240 valence electrons. The minimum atomic E-state index is -2.05. The van der Waals surface area contributed by atoms with E-state index in [1.807, 2.05) is 20.9 Å². The zero-order valence-corrected chi connectivity index (χ0v) is 26.5. The Morgan fingerprint density at radius 1 is 1.18 bits per heavy atom. The van der Waals surface area contributed by atoms with Gasteiger partial charge >= 0.3 is 5.97 Å². The molecule has 2 heterocycles. The van der Waals surface area contributed by atoms with Gasteiger partial charge in [-0.15, -0.1) is 0 Å². The van der Waals surface area contributed by atoms with Gasteiger partial charge in [-0.2, -0.15) is 0 Å². The average Bonchev–Trinajstić information content (AvgIpc) is 3.75. The van der Waals surface area contributed by atoms with Crippen LogP contribution >= 0.6 is 0 Å². The van der Waals surface area contributed by atoms with Gasteiger partial charge in [0, 0.05) is 36.6 Å². The van der Waals surface area contributed by atoms with Crippen molar-refractivity contribution in [3.8, 4) is 0 Å². The normalized spacial score (nSPS) is 23.4. The number of ether oxygens (including phenoxy) is 2. The molecule has 5 N–H and O–H groups in total. The van der Waals surface area contributed by atoms with E-state index in [9.17, 15) is 19.5 Å². The largest absolute Gasteiger partial charge is 0.463 e. The van der Waals surface area contributed by atoms with E-state index in [2.05, 4.69) is 40.3 Å². The molecule has 4 rings (SSSR count). The lowest BCUT2D eigenvalue weighted by Crippen LogP contribution is -2.51. The summed E-state index contributed by atoms with van der Waals surface area (Å²) in [5, 5.41) is 23.4. The van der Waals surface area contributed by atoms with Crippen LogP contribution in [-0.2, 0) is 14.3 Å². The van der Waals surface area contributed by atoms with E-state index < -0.39 is 28.7 Å². The van der Waals surface area contributed by atoms with Crippen LogP contribution in [0.5, 0.6) is 0 Å². The standard InChI is InChI=1S/C34H48N4O6/c1-5-7-10-25(19-36-6-2)21-43-32(42)34-31(41)28-12-9-8-11-27(28)30(40)33(34,44-34)18-26(20-39)23(3)13-14-24-15-16-37-29(17-24)38-22-35-4/h8-9,11-12,15,17,25,35-39H,5-7,10,13-14,16,18-22H2,1-4H3. The molecule has 0 amide bonds. The van der Waals surface area contributed by atoms with Crippen molar-refractivity contribution < 1.29 is 29.0 Å². The minimum Gasteiger partial charge on any atom is -0.463 e. The lowest BCUT2D eigenvalue weighted by atomic mass is 9.71. The molecule has 1 aromatic rings. The third-order valence-corrected chi connectivity index (χ3v) is 8.83. The first-order valence-corrected chi connectivity index (χ1v) is 15.9. The zero-order valence-electron chi connectivity index (χ0n) is 26.5. The Balaban J connectivity index is 1.57. The first-order chi connectivity index (χ1) is 21.3. The molecule has 0 spiro atoms. The molecule has 3 atom stereocenters. The molecule has 3 aliphatic rings. The Bertz CT molecular complexity index is 1310. The van der Waals surface area contributed by atoms with Crippen LogP contribution in [0.2, 0.25) is 0 Å². The number of aliphatic hydroxyl groups is 1. The fraction of sp³-hybridized carbons (Fsp3) is 0.559. The summed E-state index contributed by atoms with van der Waals surface area (Å²) in [4.78, 5) is 41.8. The van der Waals surface area contributed by atoms with Crippen LogP contribution in [0.4, 0.5) is 0 Å². The number of hydrogen-bond acceptors (Lipinski definition) is 10. The molecular weight excluding hydrogens is 560 g/mol. The summed E-state index contributed by atoms with van der Waals surface area (Å²) >= 11 is 0. The van der Waals surface area contributed by atoms with E-state index in [1.165, 1.54) is 0 Å². The average molecular weight is 609 g/mol. The number of Topliss-reactive ketones (excluding diaryl/α,β-unsaturated/α-hetero) is 2. The maximum Gasteiger partial charge on any atom is 0.350 e. The Kier molecular flexibility index (Phi) is 11.5. The number of fused-ring (bicyclic) bond motifs is 2. The van der Waals surface area contributed by atoms with Crippen molar-refractivity contribution in [1.82, 2.24) is 21.3 Å². The van der Waals surface area contributed by atoms with E-state index in [-0.39, 0.29) is 36.7 Å². The lowest BCUT2D eigenvalue weighted by Gasteiger charge is -2.26. The van der Waals surface area contributed by atoms with E-state index in [0.29, 0.717) is 31.8 Å². The maximum absolute atomic E-state index is 14.0. The maximum atomic E-state index is 14.0. The third-order valence-electron chi connectivity index (χ3n) is 8.83. The van der Waals surface area contributed by atoms with Gasteiger partial charge in [-0.25, -0.2) is 4.79 Å². The van der Waals surface area contributed by atoms with Crippen molar-refractivity contribution in [3.63, 3.8) is 0 Å². The highest BCUT2D eigenvalue weighted by atomic mass is 16.7. The van der Waals surface area contributed by atoms with Gasteiger partial charge in [-0.1, -0.05) is 62.6 Å². The van der Waals surface area contributed by atoms with Gasteiger partial charge in [0.2, 0.25) is 5.78 Å². The number of hydrogen-bond donors (Lipinski definition) is 5. The van der Waals surface area contributed by atoms with Crippen LogP contribution in [0.15, 0.2) is 59.0 Å². The molecule has 2 aliphatic heterocycles. The van der Waals surface area contributed by atoms with Gasteiger partial charge < -0.3 is 35.8 Å². The van der Waals surface area contributed by atoms with Gasteiger partial charge in [0.05, 0.1) is 19.9 Å². The fourth-order valence-corrected chi connectivity index (χ4v) is 6.09. The Morgan fingerprint density at radius 3 is 2.61 bits per heavy atom. The first-order valence-electron chi connectivity index (χ1n) is 15.9. The molecule has 3 unspecified atom stereocenters. The summed E-state index contributed by atoms with van der Waals surface area (Å²) in [5.74, 6) is -0.807. The van der Waals surface area contributed by atoms with E-state index >= 15 is 0 Å². The molecule has 1 saturated heterocycles. The smallest absolute Gasteiger partial charge is 0.350 e. The van der Waals surface area contributed by atoms with Gasteiger partial charge in [0.1, 0.15) is 5.82 Å². The Hall–Kier alpha value is -3.31. The van der Waals surface area contributed by atoms with Gasteiger partial charge in [-0.3, -0.25) is 9.59 Å². The second kappa shape index (κ2) is 15.1. The van der Waals surface area contributed by atoms with E-state index in [0.717, 1.165) is 49.2 Å². The van der Waals surface area contributed by atoms with Crippen molar-refractivity contribution in [2.45, 2.75) is 70.5 Å². The summed E-state index contributed by atoms with van der Waals surface area (Å²) in [7, 11) is 1.87. The number of benzene rings is 1. The molecule has 10 nitrogen and oxygen atoms in total. The van der Waals surface area contributed by atoms with Crippen LogP contribution in [0.25, 0.3) is 0 Å². The number of rotatable bonds is 18. The van der Waals surface area contributed by atoms with E-state index in [1.54, 1.807) is 24.3 Å². The van der Waals surface area contributed by atoms with Crippen LogP contribution in [0.1, 0.15) is 80.0 Å². The quantitative estimate of drug-likeness (QED) is 0.0555.